The topological polar surface area (TPSA) is 67.4 Å². The predicted molar refractivity (Wildman–Crippen MR) is 134 cm³/mol. The lowest BCUT2D eigenvalue weighted by molar-refractivity contribution is 0.102. The standard InChI is InChI=1S/C28H32N2O3/c1-4-5-6-11-18-33-26-15-10-8-13-24(26)28(32)30-25-14-9-7-12-23(25)27(31)29-22-17-16-20(2)21(3)19-22/h7-10,12-17,19H,4-6,11,18H2,1-3H3,(H,29,31)(H,30,32). The number of unbranched alkanes of at least 4 members (excludes halogenated alkanes) is 3. The molecule has 0 bridgehead atoms. The van der Waals surface area contributed by atoms with Crippen LogP contribution in [-0.4, -0.2) is 18.4 Å². The van der Waals surface area contributed by atoms with Gasteiger partial charge in [-0.1, -0.05) is 56.5 Å². The van der Waals surface area contributed by atoms with Crippen LogP contribution >= 0.6 is 0 Å². The van der Waals surface area contributed by atoms with Crippen molar-refractivity contribution in [3.8, 4) is 5.75 Å². The summed E-state index contributed by atoms with van der Waals surface area (Å²) in [5.41, 5.74) is 4.25. The molecule has 0 aliphatic heterocycles. The molecular formula is C28H32N2O3. The molecule has 0 aliphatic rings. The van der Waals surface area contributed by atoms with Gasteiger partial charge in [-0.3, -0.25) is 9.59 Å². The van der Waals surface area contributed by atoms with Crippen LogP contribution in [0.5, 0.6) is 5.75 Å². The maximum atomic E-state index is 13.1. The van der Waals surface area contributed by atoms with Crippen molar-refractivity contribution >= 4 is 23.2 Å². The Labute approximate surface area is 196 Å². The SMILES string of the molecule is CCCCCCOc1ccccc1C(=O)Nc1ccccc1C(=O)Nc1ccc(C)c(C)c1. The second-order valence-electron chi connectivity index (χ2n) is 8.16. The highest BCUT2D eigenvalue weighted by atomic mass is 16.5. The van der Waals surface area contributed by atoms with Gasteiger partial charge >= 0.3 is 0 Å². The molecule has 3 aromatic rings. The fourth-order valence-electron chi connectivity index (χ4n) is 3.49. The van der Waals surface area contributed by atoms with Crippen molar-refractivity contribution in [2.24, 2.45) is 0 Å². The molecule has 0 unspecified atom stereocenters. The molecule has 0 aromatic heterocycles. The second kappa shape index (κ2) is 11.9. The zero-order valence-corrected chi connectivity index (χ0v) is 19.6. The van der Waals surface area contributed by atoms with Gasteiger partial charge in [0.05, 0.1) is 23.4 Å². The van der Waals surface area contributed by atoms with Crippen molar-refractivity contribution in [1.82, 2.24) is 0 Å². The molecule has 0 heterocycles. The van der Waals surface area contributed by atoms with Crippen LogP contribution in [0.1, 0.15) is 64.4 Å². The largest absolute Gasteiger partial charge is 0.493 e. The van der Waals surface area contributed by atoms with E-state index < -0.39 is 0 Å². The van der Waals surface area contributed by atoms with Crippen LogP contribution in [-0.2, 0) is 0 Å². The molecule has 3 aromatic carbocycles. The summed E-state index contributed by atoms with van der Waals surface area (Å²) in [6.07, 6.45) is 4.39. The number of para-hydroxylation sites is 2. The van der Waals surface area contributed by atoms with Gasteiger partial charge in [0.1, 0.15) is 5.75 Å². The van der Waals surface area contributed by atoms with Crippen LogP contribution in [0.3, 0.4) is 0 Å². The van der Waals surface area contributed by atoms with Crippen molar-refractivity contribution in [1.29, 1.82) is 0 Å². The predicted octanol–water partition coefficient (Wildman–Crippen LogP) is 6.77. The Morgan fingerprint density at radius 3 is 2.21 bits per heavy atom. The first-order valence-corrected chi connectivity index (χ1v) is 11.5. The highest BCUT2D eigenvalue weighted by Gasteiger charge is 2.17. The Morgan fingerprint density at radius 2 is 1.45 bits per heavy atom. The molecule has 0 radical (unpaired) electrons. The molecule has 0 aliphatic carbocycles. The molecule has 2 amide bonds. The van der Waals surface area contributed by atoms with Gasteiger partial charge in [0.2, 0.25) is 0 Å². The Balaban J connectivity index is 1.72. The van der Waals surface area contributed by atoms with Gasteiger partial charge in [-0.15, -0.1) is 0 Å². The summed E-state index contributed by atoms with van der Waals surface area (Å²) in [6.45, 7) is 6.76. The quantitative estimate of drug-likeness (QED) is 0.339. The van der Waals surface area contributed by atoms with Gasteiger partial charge in [0, 0.05) is 5.69 Å². The van der Waals surface area contributed by atoms with Crippen LogP contribution in [0.15, 0.2) is 66.7 Å². The molecular weight excluding hydrogens is 412 g/mol. The van der Waals surface area contributed by atoms with Gasteiger partial charge in [-0.25, -0.2) is 0 Å². The first-order valence-electron chi connectivity index (χ1n) is 11.5. The van der Waals surface area contributed by atoms with Crippen LogP contribution in [0.25, 0.3) is 0 Å². The lowest BCUT2D eigenvalue weighted by Crippen LogP contribution is -2.19. The van der Waals surface area contributed by atoms with Crippen molar-refractivity contribution in [2.45, 2.75) is 46.5 Å². The summed E-state index contributed by atoms with van der Waals surface area (Å²) < 4.78 is 5.88. The number of carbonyl (C=O) groups is 2. The van der Waals surface area contributed by atoms with Gasteiger partial charge in [0.15, 0.2) is 0 Å². The van der Waals surface area contributed by atoms with Crippen LogP contribution in [0.2, 0.25) is 0 Å². The molecule has 0 saturated heterocycles. The third-order valence-corrected chi connectivity index (χ3v) is 5.57. The zero-order valence-electron chi connectivity index (χ0n) is 19.6. The number of ether oxygens (including phenoxy) is 1. The highest BCUT2D eigenvalue weighted by molar-refractivity contribution is 6.13. The molecule has 0 spiro atoms. The number of carbonyl (C=O) groups excluding carboxylic acids is 2. The number of aryl methyl sites for hydroxylation is 2. The van der Waals surface area contributed by atoms with E-state index in [9.17, 15) is 9.59 Å². The number of nitrogens with one attached hydrogen (secondary N) is 2. The van der Waals surface area contributed by atoms with Gasteiger partial charge in [0.25, 0.3) is 11.8 Å². The lowest BCUT2D eigenvalue weighted by Gasteiger charge is -2.14. The molecule has 3 rings (SSSR count). The lowest BCUT2D eigenvalue weighted by atomic mass is 10.1. The number of hydrogen-bond acceptors (Lipinski definition) is 3. The summed E-state index contributed by atoms with van der Waals surface area (Å²) in [5, 5.41) is 5.81. The van der Waals surface area contributed by atoms with E-state index in [4.69, 9.17) is 4.74 Å². The average Bonchev–Trinajstić information content (AvgIpc) is 2.82. The maximum Gasteiger partial charge on any atom is 0.259 e. The summed E-state index contributed by atoms with van der Waals surface area (Å²) >= 11 is 0. The van der Waals surface area contributed by atoms with E-state index in [2.05, 4.69) is 17.6 Å². The number of rotatable bonds is 10. The van der Waals surface area contributed by atoms with Crippen molar-refractivity contribution in [3.05, 3.63) is 89.0 Å². The van der Waals surface area contributed by atoms with E-state index in [-0.39, 0.29) is 11.8 Å². The van der Waals surface area contributed by atoms with E-state index in [0.717, 1.165) is 30.4 Å². The summed E-state index contributed by atoms with van der Waals surface area (Å²) in [4.78, 5) is 26.0. The maximum absolute atomic E-state index is 13.1. The smallest absolute Gasteiger partial charge is 0.259 e. The van der Waals surface area contributed by atoms with E-state index in [1.165, 1.54) is 6.42 Å². The van der Waals surface area contributed by atoms with Crippen LogP contribution in [0, 0.1) is 13.8 Å². The Bertz CT molecular complexity index is 1110. The minimum Gasteiger partial charge on any atom is -0.493 e. The Hall–Kier alpha value is -3.60. The minimum absolute atomic E-state index is 0.283. The molecule has 0 atom stereocenters. The molecule has 5 heteroatoms. The minimum atomic E-state index is -0.314. The van der Waals surface area contributed by atoms with Gasteiger partial charge in [-0.2, -0.15) is 0 Å². The first-order chi connectivity index (χ1) is 16.0. The van der Waals surface area contributed by atoms with E-state index in [0.29, 0.717) is 34.9 Å². The van der Waals surface area contributed by atoms with Gasteiger partial charge < -0.3 is 15.4 Å². The fraction of sp³-hybridized carbons (Fsp3) is 0.286. The first kappa shape index (κ1) is 24.1. The Morgan fingerprint density at radius 1 is 0.758 bits per heavy atom. The number of anilines is 2. The van der Waals surface area contributed by atoms with E-state index >= 15 is 0 Å². The van der Waals surface area contributed by atoms with Gasteiger partial charge in [-0.05, 0) is 67.8 Å². The molecule has 5 nitrogen and oxygen atoms in total. The molecule has 33 heavy (non-hydrogen) atoms. The second-order valence-corrected chi connectivity index (χ2v) is 8.16. The monoisotopic (exact) mass is 444 g/mol. The third-order valence-electron chi connectivity index (χ3n) is 5.57. The van der Waals surface area contributed by atoms with Crippen molar-refractivity contribution in [2.75, 3.05) is 17.2 Å². The normalized spacial score (nSPS) is 10.5. The molecule has 0 fully saturated rings. The fourth-order valence-corrected chi connectivity index (χ4v) is 3.49. The Kier molecular flexibility index (Phi) is 8.64. The molecule has 2 N–H and O–H groups in total. The summed E-state index contributed by atoms with van der Waals surface area (Å²) in [7, 11) is 0. The summed E-state index contributed by atoms with van der Waals surface area (Å²) in [6, 6.07) is 19.9. The van der Waals surface area contributed by atoms with Crippen LogP contribution in [0.4, 0.5) is 11.4 Å². The molecule has 0 saturated carbocycles. The highest BCUT2D eigenvalue weighted by Crippen LogP contribution is 2.23. The van der Waals surface area contributed by atoms with Crippen molar-refractivity contribution in [3.63, 3.8) is 0 Å². The molecule has 172 valence electrons. The number of hydrogen-bond donors (Lipinski definition) is 2. The zero-order chi connectivity index (χ0) is 23.6. The number of benzene rings is 3. The number of amides is 2. The van der Waals surface area contributed by atoms with E-state index in [1.54, 1.807) is 42.5 Å². The average molecular weight is 445 g/mol. The van der Waals surface area contributed by atoms with E-state index in [1.807, 2.05) is 38.1 Å². The summed E-state index contributed by atoms with van der Waals surface area (Å²) in [5.74, 6) is -0.0521. The van der Waals surface area contributed by atoms with Crippen LogP contribution < -0.4 is 15.4 Å². The van der Waals surface area contributed by atoms with Crippen molar-refractivity contribution < 1.29 is 14.3 Å². The third kappa shape index (κ3) is 6.69.